The predicted molar refractivity (Wildman–Crippen MR) is 80.2 cm³/mol. The summed E-state index contributed by atoms with van der Waals surface area (Å²) in [7, 11) is 0. The van der Waals surface area contributed by atoms with Crippen LogP contribution < -0.4 is 15.2 Å². The normalized spacial score (nSPS) is 24.1. The van der Waals surface area contributed by atoms with Crippen LogP contribution in [0.25, 0.3) is 0 Å². The Morgan fingerprint density at radius 1 is 1.36 bits per heavy atom. The van der Waals surface area contributed by atoms with Crippen molar-refractivity contribution in [2.75, 3.05) is 6.54 Å². The van der Waals surface area contributed by atoms with E-state index in [9.17, 15) is 4.79 Å². The molecule has 5 heteroatoms. The molecule has 4 rings (SSSR count). The summed E-state index contributed by atoms with van der Waals surface area (Å²) in [6, 6.07) is 7.59. The van der Waals surface area contributed by atoms with Crippen LogP contribution in [-0.2, 0) is 11.2 Å². The molecule has 3 unspecified atom stereocenters. The van der Waals surface area contributed by atoms with E-state index in [0.717, 1.165) is 41.1 Å². The van der Waals surface area contributed by atoms with E-state index in [4.69, 9.17) is 15.2 Å². The fraction of sp³-hybridized carbons (Fsp3) is 0.294. The van der Waals surface area contributed by atoms with Gasteiger partial charge in [0, 0.05) is 29.4 Å². The smallest absolute Gasteiger partial charge is 0.133 e. The SMILES string of the molecule is NCCc1cnccc1Oc1ccc2c(c1)C1C(C=O)C1O2. The van der Waals surface area contributed by atoms with Crippen LogP contribution in [0.1, 0.15) is 17.0 Å². The van der Waals surface area contributed by atoms with Crippen molar-refractivity contribution in [3.63, 3.8) is 0 Å². The van der Waals surface area contributed by atoms with Gasteiger partial charge in [0.25, 0.3) is 0 Å². The molecule has 0 bridgehead atoms. The maximum atomic E-state index is 11.0. The third-order valence-electron chi connectivity index (χ3n) is 4.27. The second-order valence-corrected chi connectivity index (χ2v) is 5.65. The second-order valence-electron chi connectivity index (χ2n) is 5.65. The summed E-state index contributed by atoms with van der Waals surface area (Å²) in [6.07, 6.45) is 5.20. The predicted octanol–water partition coefficient (Wildman–Crippen LogP) is 2.05. The second kappa shape index (κ2) is 5.10. The minimum Gasteiger partial charge on any atom is -0.489 e. The van der Waals surface area contributed by atoms with Crippen LogP contribution in [0.3, 0.4) is 0 Å². The van der Waals surface area contributed by atoms with Crippen LogP contribution in [0.15, 0.2) is 36.7 Å². The minimum atomic E-state index is -0.00326. The minimum absolute atomic E-state index is 0.00326. The summed E-state index contributed by atoms with van der Waals surface area (Å²) in [5, 5.41) is 0. The molecule has 2 aromatic rings. The van der Waals surface area contributed by atoms with Gasteiger partial charge in [-0.1, -0.05) is 0 Å². The zero-order valence-electron chi connectivity index (χ0n) is 11.9. The van der Waals surface area contributed by atoms with Gasteiger partial charge in [-0.05, 0) is 37.2 Å². The van der Waals surface area contributed by atoms with Crippen LogP contribution in [0.5, 0.6) is 17.2 Å². The molecule has 1 aliphatic carbocycles. The number of fused-ring (bicyclic) bond motifs is 3. The number of benzene rings is 1. The van der Waals surface area contributed by atoms with Crippen molar-refractivity contribution < 1.29 is 14.3 Å². The molecule has 0 saturated heterocycles. The molecule has 3 atom stereocenters. The first-order chi connectivity index (χ1) is 10.8. The Kier molecular flexibility index (Phi) is 3.08. The molecule has 1 aromatic heterocycles. The van der Waals surface area contributed by atoms with Gasteiger partial charge in [0.15, 0.2) is 0 Å². The Morgan fingerprint density at radius 2 is 2.27 bits per heavy atom. The number of ether oxygens (including phenoxy) is 2. The third-order valence-corrected chi connectivity index (χ3v) is 4.27. The Bertz CT molecular complexity index is 732. The number of aromatic nitrogens is 1. The van der Waals surface area contributed by atoms with Gasteiger partial charge in [-0.2, -0.15) is 0 Å². The number of rotatable bonds is 5. The van der Waals surface area contributed by atoms with Gasteiger partial charge < -0.3 is 20.0 Å². The standard InChI is InChI=1S/C17H16N2O3/c18-5-3-10-8-19-6-4-14(10)21-11-1-2-15-12(7-11)16-13(9-20)17(16)22-15/h1-2,4,6-9,13,16-17H,3,5,18H2. The lowest BCUT2D eigenvalue weighted by Gasteiger charge is -2.12. The van der Waals surface area contributed by atoms with E-state index in [0.29, 0.717) is 6.54 Å². The molecule has 22 heavy (non-hydrogen) atoms. The number of pyridine rings is 1. The zero-order chi connectivity index (χ0) is 15.1. The van der Waals surface area contributed by atoms with E-state index >= 15 is 0 Å². The van der Waals surface area contributed by atoms with Crippen molar-refractivity contribution in [1.29, 1.82) is 0 Å². The number of carbonyl (C=O) groups is 1. The van der Waals surface area contributed by atoms with Crippen molar-refractivity contribution in [3.05, 3.63) is 47.8 Å². The van der Waals surface area contributed by atoms with Crippen LogP contribution in [0, 0.1) is 5.92 Å². The van der Waals surface area contributed by atoms with Crippen molar-refractivity contribution in [2.24, 2.45) is 11.7 Å². The van der Waals surface area contributed by atoms with Crippen molar-refractivity contribution in [2.45, 2.75) is 18.4 Å². The maximum absolute atomic E-state index is 11.0. The Balaban J connectivity index is 1.60. The zero-order valence-corrected chi connectivity index (χ0v) is 11.9. The van der Waals surface area contributed by atoms with Crippen molar-refractivity contribution in [3.8, 4) is 17.2 Å². The number of hydrogen-bond donors (Lipinski definition) is 1. The number of carbonyl (C=O) groups excluding carboxylic acids is 1. The topological polar surface area (TPSA) is 74.4 Å². The van der Waals surface area contributed by atoms with Gasteiger partial charge in [0.1, 0.15) is 29.6 Å². The highest BCUT2D eigenvalue weighted by atomic mass is 16.5. The lowest BCUT2D eigenvalue weighted by atomic mass is 10.1. The molecule has 0 radical (unpaired) electrons. The molecule has 1 saturated carbocycles. The van der Waals surface area contributed by atoms with E-state index in [1.54, 1.807) is 12.4 Å². The Hall–Kier alpha value is -2.40. The summed E-state index contributed by atoms with van der Waals surface area (Å²) in [4.78, 5) is 15.1. The Labute approximate surface area is 128 Å². The van der Waals surface area contributed by atoms with E-state index < -0.39 is 0 Å². The van der Waals surface area contributed by atoms with Crippen LogP contribution in [-0.4, -0.2) is 23.9 Å². The van der Waals surface area contributed by atoms with Crippen LogP contribution in [0.4, 0.5) is 0 Å². The molecule has 1 fully saturated rings. The highest BCUT2D eigenvalue weighted by Gasteiger charge is 2.58. The average molecular weight is 296 g/mol. The molecule has 2 heterocycles. The van der Waals surface area contributed by atoms with Gasteiger partial charge in [-0.3, -0.25) is 4.98 Å². The first kappa shape index (κ1) is 13.3. The van der Waals surface area contributed by atoms with E-state index in [1.807, 2.05) is 24.3 Å². The molecule has 0 amide bonds. The van der Waals surface area contributed by atoms with Crippen LogP contribution >= 0.6 is 0 Å². The van der Waals surface area contributed by atoms with Crippen LogP contribution in [0.2, 0.25) is 0 Å². The fourth-order valence-electron chi connectivity index (χ4n) is 3.09. The van der Waals surface area contributed by atoms with Crippen molar-refractivity contribution in [1.82, 2.24) is 4.98 Å². The first-order valence-electron chi connectivity index (χ1n) is 7.38. The maximum Gasteiger partial charge on any atom is 0.133 e. The first-order valence-corrected chi connectivity index (χ1v) is 7.38. The number of aldehydes is 1. The highest BCUT2D eigenvalue weighted by Crippen LogP contribution is 2.58. The van der Waals surface area contributed by atoms with Gasteiger partial charge in [0.2, 0.25) is 0 Å². The average Bonchev–Trinajstić information content (AvgIpc) is 3.11. The molecular weight excluding hydrogens is 280 g/mol. The summed E-state index contributed by atoms with van der Waals surface area (Å²) in [5.74, 6) is 2.55. The molecule has 0 spiro atoms. The fourth-order valence-corrected chi connectivity index (χ4v) is 3.09. The van der Waals surface area contributed by atoms with Gasteiger partial charge in [-0.25, -0.2) is 0 Å². The molecule has 2 aliphatic rings. The largest absolute Gasteiger partial charge is 0.489 e. The molecule has 1 aromatic carbocycles. The van der Waals surface area contributed by atoms with E-state index in [1.165, 1.54) is 0 Å². The summed E-state index contributed by atoms with van der Waals surface area (Å²) in [6.45, 7) is 0.546. The monoisotopic (exact) mass is 296 g/mol. The molecule has 1 aliphatic heterocycles. The van der Waals surface area contributed by atoms with Gasteiger partial charge >= 0.3 is 0 Å². The molecule has 112 valence electrons. The van der Waals surface area contributed by atoms with Gasteiger partial charge in [0.05, 0.1) is 5.92 Å². The molecule has 2 N–H and O–H groups in total. The van der Waals surface area contributed by atoms with Gasteiger partial charge in [-0.15, -0.1) is 0 Å². The van der Waals surface area contributed by atoms with Crippen molar-refractivity contribution >= 4 is 6.29 Å². The lowest BCUT2D eigenvalue weighted by molar-refractivity contribution is -0.109. The molecular formula is C17H16N2O3. The number of nitrogens with two attached hydrogens (primary N) is 1. The number of nitrogens with zero attached hydrogens (tertiary/aromatic N) is 1. The Morgan fingerprint density at radius 3 is 3.09 bits per heavy atom. The molecule has 5 nitrogen and oxygen atoms in total. The van der Waals surface area contributed by atoms with E-state index in [2.05, 4.69) is 4.98 Å². The summed E-state index contributed by atoms with van der Waals surface area (Å²) < 4.78 is 11.7. The lowest BCUT2D eigenvalue weighted by Crippen LogP contribution is -2.04. The van der Waals surface area contributed by atoms with E-state index in [-0.39, 0.29) is 17.9 Å². The number of hydrogen-bond acceptors (Lipinski definition) is 5. The highest BCUT2D eigenvalue weighted by molar-refractivity contribution is 5.68. The third kappa shape index (κ3) is 2.05. The summed E-state index contributed by atoms with van der Waals surface area (Å²) >= 11 is 0. The summed E-state index contributed by atoms with van der Waals surface area (Å²) in [5.41, 5.74) is 7.67. The quantitative estimate of drug-likeness (QED) is 0.855.